The number of rotatable bonds is 10. The van der Waals surface area contributed by atoms with Crippen LogP contribution in [0.15, 0.2) is 59.7 Å². The van der Waals surface area contributed by atoms with Crippen molar-refractivity contribution in [3.63, 3.8) is 0 Å². The van der Waals surface area contributed by atoms with Gasteiger partial charge in [-0.25, -0.2) is 0 Å². The highest BCUT2D eigenvalue weighted by Gasteiger charge is 2.42. The monoisotopic (exact) mass is 558 g/mol. The van der Waals surface area contributed by atoms with Crippen molar-refractivity contribution in [2.75, 3.05) is 0 Å². The molecule has 0 radical (unpaired) electrons. The van der Waals surface area contributed by atoms with Crippen LogP contribution in [0.1, 0.15) is 107 Å². The first kappa shape index (κ1) is 30.2. The lowest BCUT2D eigenvalue weighted by atomic mass is 10.0. The van der Waals surface area contributed by atoms with Gasteiger partial charge in [0.25, 0.3) is 0 Å². The second-order valence-corrected chi connectivity index (χ2v) is 23.9. The fourth-order valence-corrected chi connectivity index (χ4v) is 16.4. The molecule has 0 fully saturated rings. The molecule has 2 nitrogen and oxygen atoms in total. The predicted octanol–water partition coefficient (Wildman–Crippen LogP) is 9.56. The topological polar surface area (TPSA) is 24.1 Å². The molecule has 0 bridgehead atoms. The second-order valence-electron chi connectivity index (χ2n) is 15.3. The normalized spacial score (nSPS) is 19.5. The maximum Gasteiger partial charge on any atom is 0.131 e. The molecule has 0 saturated heterocycles. The summed E-state index contributed by atoms with van der Waals surface area (Å²) in [4.78, 5) is 8.16. The summed E-state index contributed by atoms with van der Waals surface area (Å²) in [5.41, 5.74) is 10.7. The molecule has 2 aliphatic rings. The summed E-state index contributed by atoms with van der Waals surface area (Å²) in [5, 5.41) is 0. The quantitative estimate of drug-likeness (QED) is 0.224. The second kappa shape index (κ2) is 11.3. The van der Waals surface area contributed by atoms with Crippen molar-refractivity contribution in [2.45, 2.75) is 122 Å². The van der Waals surface area contributed by atoms with Crippen molar-refractivity contribution in [3.05, 3.63) is 81.9 Å². The van der Waals surface area contributed by atoms with E-state index in [0.29, 0.717) is 11.1 Å². The molecule has 0 saturated carbocycles. The molecular formula is C35H54N2Si2. The molecule has 0 heterocycles. The van der Waals surface area contributed by atoms with E-state index in [4.69, 9.17) is 0 Å². The number of fused-ring (bicyclic) bond motifs is 2. The number of allylic oxidation sites excluding steroid dienone is 2. The average Bonchev–Trinajstić information content (AvgIpc) is 3.34. The number of unbranched alkanes of at least 4 members (excludes halogenated alkanes) is 2. The van der Waals surface area contributed by atoms with Gasteiger partial charge >= 0.3 is 0 Å². The maximum absolute atomic E-state index is 4.08. The van der Waals surface area contributed by atoms with Gasteiger partial charge in [-0.2, -0.15) is 0 Å². The first-order chi connectivity index (χ1) is 18.1. The molecule has 0 aromatic heterocycles. The molecule has 4 heteroatoms. The van der Waals surface area contributed by atoms with E-state index >= 15 is 0 Å². The highest BCUT2D eigenvalue weighted by Crippen LogP contribution is 2.45. The molecule has 2 aromatic rings. The Morgan fingerprint density at radius 2 is 0.923 bits per heavy atom. The first-order valence-electron chi connectivity index (χ1n) is 15.2. The summed E-state index contributed by atoms with van der Waals surface area (Å²) in [5.74, 6) is 0. The van der Waals surface area contributed by atoms with Crippen molar-refractivity contribution < 1.29 is 0 Å². The largest absolute Gasteiger partial charge is 0.332 e. The Bertz CT molecular complexity index is 1130. The van der Waals surface area contributed by atoms with Crippen LogP contribution in [0.4, 0.5) is 0 Å². The van der Waals surface area contributed by atoms with Gasteiger partial charge in [0.15, 0.2) is 0 Å². The van der Waals surface area contributed by atoms with Crippen molar-refractivity contribution in [1.29, 1.82) is 0 Å². The first-order valence-corrected chi connectivity index (χ1v) is 21.4. The van der Waals surface area contributed by atoms with E-state index in [-0.39, 0.29) is 11.1 Å². The highest BCUT2D eigenvalue weighted by molar-refractivity contribution is 6.78. The zero-order chi connectivity index (χ0) is 28.6. The fraction of sp³-hybridized carbons (Fsp3) is 0.543. The molecule has 2 unspecified atom stereocenters. The lowest BCUT2D eigenvalue weighted by Crippen LogP contribution is -2.58. The maximum atomic E-state index is 4.08. The van der Waals surface area contributed by atoms with E-state index in [1.54, 1.807) is 22.3 Å². The minimum atomic E-state index is -1.73. The summed E-state index contributed by atoms with van der Waals surface area (Å²) in [6, 6.07) is 18.3. The zero-order valence-electron chi connectivity index (χ0n) is 26.5. The van der Waals surface area contributed by atoms with Gasteiger partial charge < -0.3 is 9.96 Å². The van der Waals surface area contributed by atoms with Crippen LogP contribution < -0.4 is 9.96 Å². The number of hydrogen-bond donors (Lipinski definition) is 2. The summed E-state index contributed by atoms with van der Waals surface area (Å²) >= 11 is 0. The summed E-state index contributed by atoms with van der Waals surface area (Å²) in [6.07, 6.45) is 11.3. The predicted molar refractivity (Wildman–Crippen MR) is 178 cm³/mol. The Balaban J connectivity index is 1.41. The van der Waals surface area contributed by atoms with Gasteiger partial charge in [0.2, 0.25) is 0 Å². The third-order valence-electron chi connectivity index (χ3n) is 8.31. The zero-order valence-corrected chi connectivity index (χ0v) is 28.5. The molecule has 2 aromatic carbocycles. The van der Waals surface area contributed by atoms with E-state index in [1.165, 1.54) is 43.2 Å². The third kappa shape index (κ3) is 7.32. The molecule has 0 aliphatic heterocycles. The van der Waals surface area contributed by atoms with E-state index < -0.39 is 16.5 Å². The number of hydrogen-bond acceptors (Lipinski definition) is 2. The van der Waals surface area contributed by atoms with Gasteiger partial charge in [0.05, 0.1) is 0 Å². The summed E-state index contributed by atoms with van der Waals surface area (Å²) in [6.45, 7) is 24.0. The van der Waals surface area contributed by atoms with Crippen LogP contribution in [0.3, 0.4) is 0 Å². The molecular weight excluding hydrogens is 505 g/mol. The van der Waals surface area contributed by atoms with Gasteiger partial charge in [-0.05, 0) is 89.5 Å². The van der Waals surface area contributed by atoms with Crippen molar-refractivity contribution in [3.8, 4) is 0 Å². The molecule has 4 rings (SSSR count). The Kier molecular flexibility index (Phi) is 8.74. The van der Waals surface area contributed by atoms with Gasteiger partial charge in [0.1, 0.15) is 16.5 Å². The van der Waals surface area contributed by atoms with E-state index in [0.717, 1.165) is 0 Å². The van der Waals surface area contributed by atoms with Crippen molar-refractivity contribution in [1.82, 2.24) is 9.96 Å². The number of benzene rings is 2. The van der Waals surface area contributed by atoms with Gasteiger partial charge in [0, 0.05) is 22.2 Å². The fourth-order valence-electron chi connectivity index (χ4n) is 7.83. The minimum Gasteiger partial charge on any atom is -0.332 e. The van der Waals surface area contributed by atoms with Crippen LogP contribution in [0.5, 0.6) is 0 Å². The lowest BCUT2D eigenvalue weighted by molar-refractivity contribution is 0.507. The van der Waals surface area contributed by atoms with Crippen molar-refractivity contribution in [2.24, 2.45) is 0 Å². The standard InChI is InChI=1S/C35H54N2Si2/c1-34(2,3)36-38(7,8)32-28(24-26-18-14-16-22-30(26)32)20-12-11-13-21-29-25-27-19-15-17-23-31(27)33(29)39(9,10)37-35(4,5)6/h14-19,22-25,32-33,36-37H,11-13,20-21H2,1-10H3. The van der Waals surface area contributed by atoms with Crippen LogP contribution in [0, 0.1) is 0 Å². The van der Waals surface area contributed by atoms with E-state index in [9.17, 15) is 0 Å². The SMILES string of the molecule is CC(C)(C)N[Si](C)(C)C1C(CCCCCC2=Cc3ccccc3C2[Si](C)(C)NC(C)(C)C)=Cc2ccccc21. The molecule has 212 valence electrons. The Hall–Kier alpha value is -1.73. The highest BCUT2D eigenvalue weighted by atomic mass is 28.3. The molecule has 2 aliphatic carbocycles. The van der Waals surface area contributed by atoms with E-state index in [2.05, 4.69) is 138 Å². The summed E-state index contributed by atoms with van der Waals surface area (Å²) < 4.78 is 0. The van der Waals surface area contributed by atoms with Crippen LogP contribution in [-0.2, 0) is 0 Å². The van der Waals surface area contributed by atoms with Gasteiger partial charge in [-0.1, -0.05) is 104 Å². The molecule has 39 heavy (non-hydrogen) atoms. The van der Waals surface area contributed by atoms with Crippen LogP contribution in [0.25, 0.3) is 12.2 Å². The van der Waals surface area contributed by atoms with Crippen LogP contribution >= 0.6 is 0 Å². The third-order valence-corrected chi connectivity index (χ3v) is 15.3. The molecule has 0 spiro atoms. The number of nitrogens with one attached hydrogen (secondary N) is 2. The van der Waals surface area contributed by atoms with Gasteiger partial charge in [-0.3, -0.25) is 0 Å². The Labute approximate surface area is 242 Å². The molecule has 2 N–H and O–H groups in total. The van der Waals surface area contributed by atoms with Crippen LogP contribution in [-0.4, -0.2) is 27.5 Å². The smallest absolute Gasteiger partial charge is 0.131 e. The Morgan fingerprint density at radius 3 is 1.28 bits per heavy atom. The van der Waals surface area contributed by atoms with Crippen LogP contribution in [0.2, 0.25) is 26.2 Å². The Morgan fingerprint density at radius 1 is 0.564 bits per heavy atom. The lowest BCUT2D eigenvalue weighted by Gasteiger charge is -2.39. The minimum absolute atomic E-state index is 0.139. The summed E-state index contributed by atoms with van der Waals surface area (Å²) in [7, 11) is -3.45. The molecule has 0 amide bonds. The van der Waals surface area contributed by atoms with Crippen molar-refractivity contribution >= 4 is 28.6 Å². The average molecular weight is 559 g/mol. The van der Waals surface area contributed by atoms with Gasteiger partial charge in [-0.15, -0.1) is 0 Å². The van der Waals surface area contributed by atoms with E-state index in [1.807, 2.05) is 0 Å². The molecule has 2 atom stereocenters.